The monoisotopic (exact) mass is 367 g/mol. The average Bonchev–Trinajstić information content (AvgIpc) is 2.67. The molecule has 1 aromatic heterocycles. The second kappa shape index (κ2) is 8.73. The fourth-order valence-electron chi connectivity index (χ4n) is 3.24. The Morgan fingerprint density at radius 1 is 1.33 bits per heavy atom. The minimum Gasteiger partial charge on any atom is -0.353 e. The van der Waals surface area contributed by atoms with Crippen molar-refractivity contribution in [3.63, 3.8) is 0 Å². The topological polar surface area (TPSA) is 78.4 Å². The first-order chi connectivity index (χ1) is 13.0. The molecule has 1 unspecified atom stereocenters. The van der Waals surface area contributed by atoms with Gasteiger partial charge in [0, 0.05) is 39.1 Å². The number of piperazine rings is 1. The standard InChI is InChI=1S/C20H25N5O2/c1-15-5-3-4-6-16(15)13-25-10-9-23-20(27)18(25)11-19(26)24(2)14-17-12-21-7-8-22-17/h3-8,12,18H,9-11,13-14H2,1-2H3,(H,23,27). The van der Waals surface area contributed by atoms with Crippen LogP contribution in [0.25, 0.3) is 0 Å². The third-order valence-electron chi connectivity index (χ3n) is 4.89. The Hall–Kier alpha value is -2.80. The van der Waals surface area contributed by atoms with Crippen LogP contribution in [0.15, 0.2) is 42.9 Å². The first-order valence-electron chi connectivity index (χ1n) is 9.09. The number of hydrogen-bond donors (Lipinski definition) is 1. The number of carbonyl (C=O) groups excluding carboxylic acids is 2. The van der Waals surface area contributed by atoms with Gasteiger partial charge >= 0.3 is 0 Å². The predicted octanol–water partition coefficient (Wildman–Crippen LogP) is 1.13. The van der Waals surface area contributed by atoms with Gasteiger partial charge in [-0.05, 0) is 18.1 Å². The summed E-state index contributed by atoms with van der Waals surface area (Å²) in [7, 11) is 1.73. The number of nitrogens with one attached hydrogen (secondary N) is 1. The molecule has 7 nitrogen and oxygen atoms in total. The molecule has 27 heavy (non-hydrogen) atoms. The molecule has 7 heteroatoms. The van der Waals surface area contributed by atoms with Crippen LogP contribution in [0.1, 0.15) is 23.2 Å². The zero-order chi connectivity index (χ0) is 19.2. The highest BCUT2D eigenvalue weighted by atomic mass is 16.2. The van der Waals surface area contributed by atoms with Crippen molar-refractivity contribution in [3.05, 3.63) is 59.7 Å². The molecule has 1 saturated heterocycles. The average molecular weight is 367 g/mol. The quantitative estimate of drug-likeness (QED) is 0.828. The lowest BCUT2D eigenvalue weighted by atomic mass is 10.0. The molecule has 1 N–H and O–H groups in total. The lowest BCUT2D eigenvalue weighted by Crippen LogP contribution is -2.56. The minimum absolute atomic E-state index is 0.0857. The summed E-state index contributed by atoms with van der Waals surface area (Å²) in [4.78, 5) is 37.1. The Kier molecular flexibility index (Phi) is 6.13. The third-order valence-corrected chi connectivity index (χ3v) is 4.89. The molecule has 2 amide bonds. The summed E-state index contributed by atoms with van der Waals surface area (Å²) in [5, 5.41) is 2.88. The number of rotatable bonds is 6. The molecule has 1 aromatic carbocycles. The minimum atomic E-state index is -0.463. The number of amides is 2. The number of carbonyl (C=O) groups is 2. The van der Waals surface area contributed by atoms with Gasteiger partial charge in [-0.3, -0.25) is 24.5 Å². The maximum absolute atomic E-state index is 12.7. The van der Waals surface area contributed by atoms with E-state index in [0.717, 1.165) is 12.2 Å². The van der Waals surface area contributed by atoms with E-state index in [-0.39, 0.29) is 18.2 Å². The van der Waals surface area contributed by atoms with Crippen LogP contribution >= 0.6 is 0 Å². The summed E-state index contributed by atoms with van der Waals surface area (Å²) in [5.74, 6) is -0.173. The second-order valence-electron chi connectivity index (χ2n) is 6.85. The molecule has 0 saturated carbocycles. The summed E-state index contributed by atoms with van der Waals surface area (Å²) >= 11 is 0. The highest BCUT2D eigenvalue weighted by Crippen LogP contribution is 2.17. The lowest BCUT2D eigenvalue weighted by molar-refractivity contribution is -0.138. The van der Waals surface area contributed by atoms with Gasteiger partial charge in [-0.1, -0.05) is 24.3 Å². The molecule has 1 aliphatic rings. The van der Waals surface area contributed by atoms with Crippen molar-refractivity contribution in [3.8, 4) is 0 Å². The van der Waals surface area contributed by atoms with Crippen LogP contribution in [0.4, 0.5) is 0 Å². The van der Waals surface area contributed by atoms with Crippen LogP contribution in [0.2, 0.25) is 0 Å². The summed E-state index contributed by atoms with van der Waals surface area (Å²) in [6.07, 6.45) is 4.99. The van der Waals surface area contributed by atoms with E-state index in [1.54, 1.807) is 30.5 Å². The van der Waals surface area contributed by atoms with Crippen molar-refractivity contribution in [2.45, 2.75) is 32.5 Å². The van der Waals surface area contributed by atoms with E-state index in [4.69, 9.17) is 0 Å². The van der Waals surface area contributed by atoms with E-state index in [0.29, 0.717) is 19.6 Å². The zero-order valence-electron chi connectivity index (χ0n) is 15.8. The van der Waals surface area contributed by atoms with Crippen molar-refractivity contribution in [1.29, 1.82) is 0 Å². The summed E-state index contributed by atoms with van der Waals surface area (Å²) in [6, 6.07) is 7.68. The Labute approximate surface area is 159 Å². The molecule has 1 fully saturated rings. The normalized spacial score (nSPS) is 17.4. The van der Waals surface area contributed by atoms with Crippen molar-refractivity contribution in [2.24, 2.45) is 0 Å². The Morgan fingerprint density at radius 2 is 2.15 bits per heavy atom. The van der Waals surface area contributed by atoms with Gasteiger partial charge in [0.05, 0.1) is 30.9 Å². The van der Waals surface area contributed by atoms with E-state index in [2.05, 4.69) is 39.2 Å². The number of aryl methyl sites for hydroxylation is 1. The van der Waals surface area contributed by atoms with Crippen LogP contribution in [0.3, 0.4) is 0 Å². The predicted molar refractivity (Wildman–Crippen MR) is 102 cm³/mol. The van der Waals surface area contributed by atoms with Gasteiger partial charge in [-0.25, -0.2) is 0 Å². The Balaban J connectivity index is 1.67. The van der Waals surface area contributed by atoms with Gasteiger partial charge in [-0.2, -0.15) is 0 Å². The van der Waals surface area contributed by atoms with E-state index in [1.807, 2.05) is 12.1 Å². The molecule has 142 valence electrons. The highest BCUT2D eigenvalue weighted by Gasteiger charge is 2.32. The van der Waals surface area contributed by atoms with Crippen LogP contribution in [-0.2, 0) is 22.7 Å². The van der Waals surface area contributed by atoms with Gasteiger partial charge in [-0.15, -0.1) is 0 Å². The first kappa shape index (κ1) is 19.0. The summed E-state index contributed by atoms with van der Waals surface area (Å²) in [5.41, 5.74) is 3.09. The molecule has 0 aliphatic carbocycles. The first-order valence-corrected chi connectivity index (χ1v) is 9.09. The molecule has 0 bridgehead atoms. The van der Waals surface area contributed by atoms with Crippen LogP contribution in [0, 0.1) is 6.92 Å². The number of aromatic nitrogens is 2. The SMILES string of the molecule is Cc1ccccc1CN1CCNC(=O)C1CC(=O)N(C)Cc1cnccn1. The molecule has 1 aliphatic heterocycles. The van der Waals surface area contributed by atoms with E-state index in [9.17, 15) is 9.59 Å². The van der Waals surface area contributed by atoms with Crippen molar-refractivity contribution in [2.75, 3.05) is 20.1 Å². The Morgan fingerprint density at radius 3 is 2.89 bits per heavy atom. The highest BCUT2D eigenvalue weighted by molar-refractivity contribution is 5.88. The molecule has 0 spiro atoms. The fourth-order valence-corrected chi connectivity index (χ4v) is 3.24. The van der Waals surface area contributed by atoms with Gasteiger partial charge in [0.15, 0.2) is 0 Å². The summed E-state index contributed by atoms with van der Waals surface area (Å²) < 4.78 is 0. The van der Waals surface area contributed by atoms with E-state index >= 15 is 0 Å². The zero-order valence-corrected chi connectivity index (χ0v) is 15.8. The smallest absolute Gasteiger partial charge is 0.237 e. The maximum Gasteiger partial charge on any atom is 0.237 e. The summed E-state index contributed by atoms with van der Waals surface area (Å²) in [6.45, 7) is 4.43. The van der Waals surface area contributed by atoms with Crippen molar-refractivity contribution >= 4 is 11.8 Å². The van der Waals surface area contributed by atoms with Crippen LogP contribution in [-0.4, -0.2) is 57.8 Å². The van der Waals surface area contributed by atoms with E-state index < -0.39 is 6.04 Å². The molecule has 3 rings (SSSR count). The number of benzene rings is 1. The molecular formula is C20H25N5O2. The van der Waals surface area contributed by atoms with Crippen LogP contribution < -0.4 is 5.32 Å². The van der Waals surface area contributed by atoms with Gasteiger partial charge in [0.25, 0.3) is 0 Å². The second-order valence-corrected chi connectivity index (χ2v) is 6.85. The molecule has 1 atom stereocenters. The maximum atomic E-state index is 12.7. The van der Waals surface area contributed by atoms with Crippen LogP contribution in [0.5, 0.6) is 0 Å². The number of nitrogens with zero attached hydrogens (tertiary/aromatic N) is 4. The van der Waals surface area contributed by atoms with Crippen molar-refractivity contribution in [1.82, 2.24) is 25.1 Å². The van der Waals surface area contributed by atoms with Gasteiger partial charge < -0.3 is 10.2 Å². The fraction of sp³-hybridized carbons (Fsp3) is 0.400. The molecular weight excluding hydrogens is 342 g/mol. The van der Waals surface area contributed by atoms with Gasteiger partial charge in [0.2, 0.25) is 11.8 Å². The molecule has 2 aromatic rings. The number of hydrogen-bond acceptors (Lipinski definition) is 5. The molecule has 2 heterocycles. The molecule has 0 radical (unpaired) electrons. The van der Waals surface area contributed by atoms with E-state index in [1.165, 1.54) is 11.1 Å². The van der Waals surface area contributed by atoms with Crippen molar-refractivity contribution < 1.29 is 9.59 Å². The van der Waals surface area contributed by atoms with Gasteiger partial charge in [0.1, 0.15) is 0 Å². The third kappa shape index (κ3) is 4.89. The lowest BCUT2D eigenvalue weighted by Gasteiger charge is -2.35. The largest absolute Gasteiger partial charge is 0.353 e. The Bertz CT molecular complexity index is 796.